The number of fused-ring (bicyclic) bond motifs is 1. The third-order valence-corrected chi connectivity index (χ3v) is 5.36. The molecule has 1 fully saturated rings. The summed E-state index contributed by atoms with van der Waals surface area (Å²) >= 11 is 0. The van der Waals surface area contributed by atoms with Gasteiger partial charge in [-0.05, 0) is 55.1 Å². The monoisotopic (exact) mass is 358 g/mol. The van der Waals surface area contributed by atoms with Crippen LogP contribution < -0.4 is 5.32 Å². The van der Waals surface area contributed by atoms with E-state index in [1.165, 1.54) is 44.3 Å². The molecule has 0 atom stereocenters. The molecule has 1 N–H and O–H groups in total. The molecule has 1 aliphatic heterocycles. The minimum absolute atomic E-state index is 0.0623. The van der Waals surface area contributed by atoms with E-state index in [0.29, 0.717) is 5.56 Å². The Hall–Kier alpha value is -2.65. The maximum atomic E-state index is 12.7. The molecule has 3 aromatic rings. The van der Waals surface area contributed by atoms with E-state index in [4.69, 9.17) is 0 Å². The summed E-state index contributed by atoms with van der Waals surface area (Å²) in [5.41, 5.74) is 2.83. The lowest BCUT2D eigenvalue weighted by Crippen LogP contribution is -2.24. The van der Waals surface area contributed by atoms with Crippen LogP contribution in [0.1, 0.15) is 41.6 Å². The topological polar surface area (TPSA) is 32.3 Å². The molecule has 138 valence electrons. The summed E-state index contributed by atoms with van der Waals surface area (Å²) in [6, 6.07) is 22.1. The number of nitrogens with zero attached hydrogens (tertiary/aromatic N) is 1. The van der Waals surface area contributed by atoms with E-state index in [9.17, 15) is 4.79 Å². The molecule has 1 heterocycles. The van der Waals surface area contributed by atoms with Crippen LogP contribution in [0.25, 0.3) is 10.8 Å². The minimum atomic E-state index is -0.0623. The average Bonchev–Trinajstić information content (AvgIpc) is 2.97. The van der Waals surface area contributed by atoms with Crippen molar-refractivity contribution in [3.8, 4) is 0 Å². The molecule has 3 aromatic carbocycles. The van der Waals surface area contributed by atoms with Crippen molar-refractivity contribution in [1.29, 1.82) is 0 Å². The average molecular weight is 358 g/mol. The summed E-state index contributed by atoms with van der Waals surface area (Å²) in [7, 11) is 0. The van der Waals surface area contributed by atoms with Gasteiger partial charge in [-0.25, -0.2) is 0 Å². The molecular weight excluding hydrogens is 332 g/mol. The molecule has 4 rings (SSSR count). The van der Waals surface area contributed by atoms with Crippen LogP contribution >= 0.6 is 0 Å². The lowest BCUT2D eigenvalue weighted by Gasteiger charge is -2.19. The van der Waals surface area contributed by atoms with Crippen molar-refractivity contribution in [2.75, 3.05) is 18.4 Å². The zero-order valence-corrected chi connectivity index (χ0v) is 15.7. The van der Waals surface area contributed by atoms with Crippen LogP contribution in [0.5, 0.6) is 0 Å². The zero-order valence-electron chi connectivity index (χ0n) is 15.7. The summed E-state index contributed by atoms with van der Waals surface area (Å²) < 4.78 is 0. The molecule has 3 nitrogen and oxygen atoms in total. The number of likely N-dealkylation sites (tertiary alicyclic amines) is 1. The van der Waals surface area contributed by atoms with Gasteiger partial charge in [0.05, 0.1) is 0 Å². The van der Waals surface area contributed by atoms with Crippen LogP contribution in [0.4, 0.5) is 5.69 Å². The van der Waals surface area contributed by atoms with E-state index in [2.05, 4.69) is 34.5 Å². The number of rotatable bonds is 4. The number of hydrogen-bond donors (Lipinski definition) is 1. The van der Waals surface area contributed by atoms with E-state index in [1.807, 2.05) is 42.5 Å². The second-order valence-electron chi connectivity index (χ2n) is 7.37. The molecule has 0 bridgehead atoms. The first-order chi connectivity index (χ1) is 13.3. The van der Waals surface area contributed by atoms with Crippen LogP contribution in [-0.4, -0.2) is 23.9 Å². The standard InChI is InChI=1S/C24H26N2O/c27-24(25-23-11-7-9-20-8-3-4-10-22(20)23)21-14-12-19(13-15-21)18-26-16-5-1-2-6-17-26/h3-4,7-15H,1-2,5-6,16-18H2,(H,25,27). The molecule has 0 radical (unpaired) electrons. The van der Waals surface area contributed by atoms with Crippen LogP contribution in [0.2, 0.25) is 0 Å². The van der Waals surface area contributed by atoms with Gasteiger partial charge in [0.2, 0.25) is 0 Å². The quantitative estimate of drug-likeness (QED) is 0.671. The highest BCUT2D eigenvalue weighted by Crippen LogP contribution is 2.23. The lowest BCUT2D eigenvalue weighted by atomic mass is 10.1. The molecule has 0 saturated carbocycles. The van der Waals surface area contributed by atoms with Crippen molar-refractivity contribution < 1.29 is 4.79 Å². The Labute approximate surface area is 161 Å². The van der Waals surface area contributed by atoms with E-state index >= 15 is 0 Å². The van der Waals surface area contributed by atoms with Crippen LogP contribution in [0.3, 0.4) is 0 Å². The molecule has 1 saturated heterocycles. The molecule has 1 amide bonds. The number of carbonyl (C=O) groups excluding carboxylic acids is 1. The van der Waals surface area contributed by atoms with Gasteiger partial charge in [-0.15, -0.1) is 0 Å². The lowest BCUT2D eigenvalue weighted by molar-refractivity contribution is 0.102. The van der Waals surface area contributed by atoms with Crippen LogP contribution in [0, 0.1) is 0 Å². The van der Waals surface area contributed by atoms with E-state index in [1.54, 1.807) is 0 Å². The van der Waals surface area contributed by atoms with Crippen LogP contribution in [-0.2, 0) is 6.54 Å². The smallest absolute Gasteiger partial charge is 0.255 e. The maximum Gasteiger partial charge on any atom is 0.255 e. The third-order valence-electron chi connectivity index (χ3n) is 5.36. The van der Waals surface area contributed by atoms with E-state index in [-0.39, 0.29) is 5.91 Å². The fourth-order valence-electron chi connectivity index (χ4n) is 3.84. The maximum absolute atomic E-state index is 12.7. The Bertz CT molecular complexity index is 904. The first-order valence-electron chi connectivity index (χ1n) is 9.90. The highest BCUT2D eigenvalue weighted by Gasteiger charge is 2.11. The first kappa shape index (κ1) is 17.7. The van der Waals surface area contributed by atoms with Gasteiger partial charge in [-0.2, -0.15) is 0 Å². The summed E-state index contributed by atoms with van der Waals surface area (Å²) in [5.74, 6) is -0.0623. The van der Waals surface area contributed by atoms with Gasteiger partial charge in [-0.3, -0.25) is 9.69 Å². The second-order valence-corrected chi connectivity index (χ2v) is 7.37. The number of nitrogens with one attached hydrogen (secondary N) is 1. The van der Waals surface area contributed by atoms with Gasteiger partial charge in [0, 0.05) is 23.2 Å². The molecular formula is C24H26N2O. The van der Waals surface area contributed by atoms with Crippen molar-refractivity contribution in [1.82, 2.24) is 4.90 Å². The van der Waals surface area contributed by atoms with Crippen molar-refractivity contribution >= 4 is 22.4 Å². The SMILES string of the molecule is O=C(Nc1cccc2ccccc12)c1ccc(CN2CCCCCC2)cc1. The second kappa shape index (κ2) is 8.36. The molecule has 3 heteroatoms. The van der Waals surface area contributed by atoms with Crippen molar-refractivity contribution in [3.05, 3.63) is 77.9 Å². The molecule has 1 aliphatic rings. The molecule has 0 unspecified atom stereocenters. The van der Waals surface area contributed by atoms with Crippen LogP contribution in [0.15, 0.2) is 66.7 Å². The fraction of sp³-hybridized carbons (Fsp3) is 0.292. The molecule has 0 aromatic heterocycles. The molecule has 0 aliphatic carbocycles. The predicted octanol–water partition coefficient (Wildman–Crippen LogP) is 5.47. The largest absolute Gasteiger partial charge is 0.321 e. The Kier molecular flexibility index (Phi) is 5.50. The van der Waals surface area contributed by atoms with E-state index in [0.717, 1.165) is 23.0 Å². The highest BCUT2D eigenvalue weighted by atomic mass is 16.1. The van der Waals surface area contributed by atoms with Crippen molar-refractivity contribution in [2.45, 2.75) is 32.2 Å². The summed E-state index contributed by atoms with van der Waals surface area (Å²) in [6.45, 7) is 3.35. The van der Waals surface area contributed by atoms with Crippen molar-refractivity contribution in [3.63, 3.8) is 0 Å². The molecule has 0 spiro atoms. The number of amides is 1. The number of anilines is 1. The number of carbonyl (C=O) groups is 1. The summed E-state index contributed by atoms with van der Waals surface area (Å²) in [5, 5.41) is 5.25. The van der Waals surface area contributed by atoms with Gasteiger partial charge < -0.3 is 5.32 Å². The highest BCUT2D eigenvalue weighted by molar-refractivity contribution is 6.09. The zero-order chi connectivity index (χ0) is 18.5. The van der Waals surface area contributed by atoms with Gasteiger partial charge in [0.15, 0.2) is 0 Å². The minimum Gasteiger partial charge on any atom is -0.321 e. The Balaban J connectivity index is 1.44. The Morgan fingerprint density at radius 3 is 2.30 bits per heavy atom. The molecule has 27 heavy (non-hydrogen) atoms. The van der Waals surface area contributed by atoms with Gasteiger partial charge in [0.1, 0.15) is 0 Å². The van der Waals surface area contributed by atoms with Gasteiger partial charge in [0.25, 0.3) is 5.91 Å². The number of benzene rings is 3. The van der Waals surface area contributed by atoms with Crippen molar-refractivity contribution in [2.24, 2.45) is 0 Å². The Morgan fingerprint density at radius 2 is 1.52 bits per heavy atom. The summed E-state index contributed by atoms with van der Waals surface area (Å²) in [4.78, 5) is 15.2. The van der Waals surface area contributed by atoms with Gasteiger partial charge in [-0.1, -0.05) is 61.4 Å². The van der Waals surface area contributed by atoms with Gasteiger partial charge >= 0.3 is 0 Å². The fourth-order valence-corrected chi connectivity index (χ4v) is 3.84. The Morgan fingerprint density at radius 1 is 0.815 bits per heavy atom. The first-order valence-corrected chi connectivity index (χ1v) is 9.90. The third kappa shape index (κ3) is 4.37. The normalized spacial score (nSPS) is 15.4. The predicted molar refractivity (Wildman–Crippen MR) is 112 cm³/mol. The summed E-state index contributed by atoms with van der Waals surface area (Å²) in [6.07, 6.45) is 5.30. The number of hydrogen-bond acceptors (Lipinski definition) is 2. The van der Waals surface area contributed by atoms with E-state index < -0.39 is 0 Å².